The van der Waals surface area contributed by atoms with E-state index >= 15 is 0 Å². The molecule has 1 aromatic carbocycles. The van der Waals surface area contributed by atoms with Crippen LogP contribution in [0.2, 0.25) is 0 Å². The van der Waals surface area contributed by atoms with Crippen LogP contribution in [0.3, 0.4) is 0 Å². The molecule has 1 atom stereocenters. The molecule has 7 nitrogen and oxygen atoms in total. The molecule has 0 unspecified atom stereocenters. The van der Waals surface area contributed by atoms with Crippen molar-refractivity contribution in [3.8, 4) is 5.75 Å². The summed E-state index contributed by atoms with van der Waals surface area (Å²) in [5.41, 5.74) is 1.34. The summed E-state index contributed by atoms with van der Waals surface area (Å²) in [6.45, 7) is 1.54. The van der Waals surface area contributed by atoms with Crippen LogP contribution in [-0.2, 0) is 9.53 Å². The first-order chi connectivity index (χ1) is 12.6. The standard InChI is InChI=1S/C19H27N3O4/c1-21-16-12-14(8-9-17(16)26-13-18(21)23)20-19(24)22-10-4-3-6-15(22)7-5-11-25-2/h8-9,12,15H,3-7,10-11,13H2,1-2H3,(H,20,24)/t15-/m1/s1. The number of piperidine rings is 1. The second kappa shape index (κ2) is 8.40. The summed E-state index contributed by atoms with van der Waals surface area (Å²) in [4.78, 5) is 28.1. The van der Waals surface area contributed by atoms with E-state index in [1.807, 2.05) is 11.0 Å². The van der Waals surface area contributed by atoms with Crippen LogP contribution in [-0.4, -0.2) is 56.8 Å². The minimum Gasteiger partial charge on any atom is -0.482 e. The van der Waals surface area contributed by atoms with Crippen molar-refractivity contribution < 1.29 is 19.1 Å². The van der Waals surface area contributed by atoms with Crippen molar-refractivity contribution >= 4 is 23.3 Å². The number of benzene rings is 1. The lowest BCUT2D eigenvalue weighted by Crippen LogP contribution is -2.46. The molecule has 7 heteroatoms. The third-order valence-electron chi connectivity index (χ3n) is 5.07. The Kier molecular flexibility index (Phi) is 5.98. The summed E-state index contributed by atoms with van der Waals surface area (Å²) in [5, 5.41) is 2.98. The van der Waals surface area contributed by atoms with Crippen LogP contribution in [0.15, 0.2) is 18.2 Å². The smallest absolute Gasteiger partial charge is 0.322 e. The van der Waals surface area contributed by atoms with Crippen molar-refractivity contribution in [2.45, 2.75) is 38.1 Å². The van der Waals surface area contributed by atoms with Crippen LogP contribution in [0.1, 0.15) is 32.1 Å². The first-order valence-electron chi connectivity index (χ1n) is 9.20. The minimum atomic E-state index is -0.102. The Morgan fingerprint density at radius 1 is 1.38 bits per heavy atom. The Hall–Kier alpha value is -2.28. The summed E-state index contributed by atoms with van der Waals surface area (Å²) in [6.07, 6.45) is 5.13. The number of likely N-dealkylation sites (N-methyl/N-ethyl adjacent to an activating group) is 1. The molecule has 1 fully saturated rings. The molecule has 1 aromatic rings. The van der Waals surface area contributed by atoms with Gasteiger partial charge in [0.15, 0.2) is 6.61 Å². The fourth-order valence-corrected chi connectivity index (χ4v) is 3.58. The number of fused-ring (bicyclic) bond motifs is 1. The zero-order chi connectivity index (χ0) is 18.5. The molecule has 0 radical (unpaired) electrons. The number of amides is 3. The maximum Gasteiger partial charge on any atom is 0.322 e. The largest absolute Gasteiger partial charge is 0.482 e. The highest BCUT2D eigenvalue weighted by molar-refractivity contribution is 5.99. The number of urea groups is 1. The van der Waals surface area contributed by atoms with Crippen molar-refractivity contribution in [3.63, 3.8) is 0 Å². The van der Waals surface area contributed by atoms with Gasteiger partial charge in [-0.25, -0.2) is 4.79 Å². The average molecular weight is 361 g/mol. The molecule has 2 heterocycles. The molecule has 3 rings (SSSR count). The van der Waals surface area contributed by atoms with E-state index in [1.165, 1.54) is 0 Å². The molecule has 1 N–H and O–H groups in total. The quantitative estimate of drug-likeness (QED) is 0.819. The first-order valence-corrected chi connectivity index (χ1v) is 9.20. The van der Waals surface area contributed by atoms with Gasteiger partial charge in [0.1, 0.15) is 5.75 Å². The monoisotopic (exact) mass is 361 g/mol. The number of nitrogens with zero attached hydrogens (tertiary/aromatic N) is 2. The number of likely N-dealkylation sites (tertiary alicyclic amines) is 1. The van der Waals surface area contributed by atoms with Gasteiger partial charge in [0, 0.05) is 39.0 Å². The normalized spacial score (nSPS) is 19.8. The van der Waals surface area contributed by atoms with E-state index in [0.717, 1.165) is 45.3 Å². The summed E-state index contributed by atoms with van der Waals surface area (Å²) in [6, 6.07) is 5.56. The third-order valence-corrected chi connectivity index (χ3v) is 5.07. The molecule has 1 saturated heterocycles. The van der Waals surface area contributed by atoms with Gasteiger partial charge in [-0.15, -0.1) is 0 Å². The van der Waals surface area contributed by atoms with Crippen molar-refractivity contribution in [1.29, 1.82) is 0 Å². The predicted octanol–water partition coefficient (Wildman–Crippen LogP) is 2.85. The van der Waals surface area contributed by atoms with Crippen molar-refractivity contribution in [2.24, 2.45) is 0 Å². The lowest BCUT2D eigenvalue weighted by Gasteiger charge is -2.36. The van der Waals surface area contributed by atoms with E-state index in [9.17, 15) is 9.59 Å². The van der Waals surface area contributed by atoms with E-state index in [-0.39, 0.29) is 24.6 Å². The highest BCUT2D eigenvalue weighted by atomic mass is 16.5. The average Bonchev–Trinajstić information content (AvgIpc) is 2.66. The van der Waals surface area contributed by atoms with E-state index < -0.39 is 0 Å². The Morgan fingerprint density at radius 2 is 2.23 bits per heavy atom. The van der Waals surface area contributed by atoms with Gasteiger partial charge in [0.2, 0.25) is 0 Å². The molecule has 2 aliphatic heterocycles. The fraction of sp³-hybridized carbons (Fsp3) is 0.579. The second-order valence-electron chi connectivity index (χ2n) is 6.83. The molecule has 0 saturated carbocycles. The van der Waals surface area contributed by atoms with Crippen LogP contribution in [0, 0.1) is 0 Å². The SMILES string of the molecule is COCCC[C@H]1CCCCN1C(=O)Nc1ccc2c(c1)N(C)C(=O)CO2. The molecule has 0 aliphatic carbocycles. The molecule has 0 bridgehead atoms. The van der Waals surface area contributed by atoms with Crippen molar-refractivity contribution in [3.05, 3.63) is 18.2 Å². The molecule has 142 valence electrons. The van der Waals surface area contributed by atoms with Crippen molar-refractivity contribution in [1.82, 2.24) is 4.90 Å². The van der Waals surface area contributed by atoms with Gasteiger partial charge in [-0.2, -0.15) is 0 Å². The van der Waals surface area contributed by atoms with Crippen LogP contribution in [0.4, 0.5) is 16.2 Å². The van der Waals surface area contributed by atoms with Crippen LogP contribution in [0.5, 0.6) is 5.75 Å². The van der Waals surface area contributed by atoms with Gasteiger partial charge < -0.3 is 24.6 Å². The number of anilines is 2. The second-order valence-corrected chi connectivity index (χ2v) is 6.83. The van der Waals surface area contributed by atoms with Gasteiger partial charge in [0.05, 0.1) is 5.69 Å². The lowest BCUT2D eigenvalue weighted by atomic mass is 9.98. The topological polar surface area (TPSA) is 71.1 Å². The number of ether oxygens (including phenoxy) is 2. The molecule has 0 aromatic heterocycles. The molecule has 0 spiro atoms. The first kappa shape index (κ1) is 18.5. The third kappa shape index (κ3) is 4.09. The zero-order valence-electron chi connectivity index (χ0n) is 15.5. The Balaban J connectivity index is 1.67. The number of methoxy groups -OCH3 is 1. The molecular weight excluding hydrogens is 334 g/mol. The van der Waals surface area contributed by atoms with E-state index in [4.69, 9.17) is 9.47 Å². The summed E-state index contributed by atoms with van der Waals surface area (Å²) in [7, 11) is 3.42. The molecular formula is C19H27N3O4. The lowest BCUT2D eigenvalue weighted by molar-refractivity contribution is -0.120. The molecule has 2 aliphatic rings. The summed E-state index contributed by atoms with van der Waals surface area (Å²) in [5.74, 6) is 0.552. The number of carbonyl (C=O) groups is 2. The maximum atomic E-state index is 12.8. The Morgan fingerprint density at radius 3 is 3.04 bits per heavy atom. The van der Waals surface area contributed by atoms with Gasteiger partial charge in [-0.1, -0.05) is 0 Å². The van der Waals surface area contributed by atoms with E-state index in [0.29, 0.717) is 17.1 Å². The van der Waals surface area contributed by atoms with E-state index in [1.54, 1.807) is 31.2 Å². The summed E-state index contributed by atoms with van der Waals surface area (Å²) < 4.78 is 10.6. The predicted molar refractivity (Wildman–Crippen MR) is 99.8 cm³/mol. The highest BCUT2D eigenvalue weighted by Crippen LogP contribution is 2.34. The molecule has 3 amide bonds. The maximum absolute atomic E-state index is 12.8. The van der Waals surface area contributed by atoms with Gasteiger partial charge in [-0.05, 0) is 50.3 Å². The zero-order valence-corrected chi connectivity index (χ0v) is 15.5. The highest BCUT2D eigenvalue weighted by Gasteiger charge is 2.27. The Labute approximate surface area is 154 Å². The number of rotatable bonds is 5. The number of carbonyl (C=O) groups excluding carboxylic acids is 2. The number of hydrogen-bond donors (Lipinski definition) is 1. The van der Waals surface area contributed by atoms with Crippen LogP contribution >= 0.6 is 0 Å². The van der Waals surface area contributed by atoms with Crippen molar-refractivity contribution in [2.75, 3.05) is 44.1 Å². The van der Waals surface area contributed by atoms with E-state index in [2.05, 4.69) is 5.32 Å². The van der Waals surface area contributed by atoms with Crippen LogP contribution < -0.4 is 15.0 Å². The Bertz CT molecular complexity index is 664. The van der Waals surface area contributed by atoms with Gasteiger partial charge in [0.25, 0.3) is 5.91 Å². The fourth-order valence-electron chi connectivity index (χ4n) is 3.58. The summed E-state index contributed by atoms with van der Waals surface area (Å²) >= 11 is 0. The van der Waals surface area contributed by atoms with Gasteiger partial charge in [-0.3, -0.25) is 4.79 Å². The number of hydrogen-bond acceptors (Lipinski definition) is 4. The van der Waals surface area contributed by atoms with Gasteiger partial charge >= 0.3 is 6.03 Å². The van der Waals surface area contributed by atoms with Crippen LogP contribution in [0.25, 0.3) is 0 Å². The number of nitrogens with one attached hydrogen (secondary N) is 1. The molecule has 26 heavy (non-hydrogen) atoms. The minimum absolute atomic E-state index is 0.0478.